The fourth-order valence-electron chi connectivity index (χ4n) is 2.75. The minimum atomic E-state index is 0.956. The highest BCUT2D eigenvalue weighted by atomic mass is 15.2. The van der Waals surface area contributed by atoms with Gasteiger partial charge in [0, 0.05) is 6.04 Å². The van der Waals surface area contributed by atoms with Gasteiger partial charge in [-0.2, -0.15) is 0 Å². The average Bonchev–Trinajstić information content (AvgIpc) is 2.40. The molecule has 0 radical (unpaired) electrons. The molecule has 0 aromatic heterocycles. The van der Waals surface area contributed by atoms with Gasteiger partial charge in [0.25, 0.3) is 0 Å². The number of hydrogen-bond acceptors (Lipinski definition) is 1. The van der Waals surface area contributed by atoms with E-state index in [2.05, 4.69) is 11.8 Å². The molecule has 2 saturated heterocycles. The van der Waals surface area contributed by atoms with Crippen LogP contribution < -0.4 is 0 Å². The summed E-state index contributed by atoms with van der Waals surface area (Å²) < 4.78 is 0. The zero-order chi connectivity index (χ0) is 7.68. The molecule has 64 valence electrons. The molecule has 2 aliphatic heterocycles. The third kappa shape index (κ3) is 1.44. The summed E-state index contributed by atoms with van der Waals surface area (Å²) in [5, 5.41) is 0. The lowest BCUT2D eigenvalue weighted by molar-refractivity contribution is 0.216. The molecule has 2 atom stereocenters. The molecule has 2 fully saturated rings. The molecule has 2 aliphatic rings. The SMILES string of the molecule is CC1CCCCN2CCCC12. The Morgan fingerprint density at radius 1 is 1.00 bits per heavy atom. The van der Waals surface area contributed by atoms with Crippen molar-refractivity contribution in [1.82, 2.24) is 4.90 Å². The Hall–Kier alpha value is -0.0400. The lowest BCUT2D eigenvalue weighted by Crippen LogP contribution is -2.32. The van der Waals surface area contributed by atoms with Crippen molar-refractivity contribution in [3.05, 3.63) is 0 Å². The van der Waals surface area contributed by atoms with E-state index in [0.29, 0.717) is 0 Å². The van der Waals surface area contributed by atoms with Crippen LogP contribution in [0.3, 0.4) is 0 Å². The average molecular weight is 153 g/mol. The lowest BCUT2D eigenvalue weighted by atomic mass is 9.96. The van der Waals surface area contributed by atoms with E-state index in [-0.39, 0.29) is 0 Å². The molecule has 11 heavy (non-hydrogen) atoms. The molecule has 0 aliphatic carbocycles. The number of nitrogens with zero attached hydrogens (tertiary/aromatic N) is 1. The Morgan fingerprint density at radius 2 is 1.82 bits per heavy atom. The van der Waals surface area contributed by atoms with E-state index < -0.39 is 0 Å². The standard InChI is InChI=1S/C10H19N/c1-9-5-2-3-7-11-8-4-6-10(9)11/h9-10H,2-8H2,1H3. The quantitative estimate of drug-likeness (QED) is 0.516. The van der Waals surface area contributed by atoms with Crippen LogP contribution in [0.5, 0.6) is 0 Å². The third-order valence-corrected chi connectivity index (χ3v) is 3.43. The van der Waals surface area contributed by atoms with Crippen LogP contribution in [0, 0.1) is 5.92 Å². The molecule has 0 bridgehead atoms. The van der Waals surface area contributed by atoms with Gasteiger partial charge in [0.1, 0.15) is 0 Å². The molecule has 1 nitrogen and oxygen atoms in total. The van der Waals surface area contributed by atoms with Gasteiger partial charge < -0.3 is 4.90 Å². The molecular weight excluding hydrogens is 134 g/mol. The van der Waals surface area contributed by atoms with Crippen molar-refractivity contribution in [2.75, 3.05) is 13.1 Å². The predicted octanol–water partition coefficient (Wildman–Crippen LogP) is 2.27. The van der Waals surface area contributed by atoms with E-state index in [9.17, 15) is 0 Å². The molecule has 0 spiro atoms. The zero-order valence-electron chi connectivity index (χ0n) is 7.55. The fourth-order valence-corrected chi connectivity index (χ4v) is 2.75. The lowest BCUT2D eigenvalue weighted by Gasteiger charge is -2.25. The Kier molecular flexibility index (Phi) is 2.17. The van der Waals surface area contributed by atoms with Crippen molar-refractivity contribution in [2.45, 2.75) is 45.1 Å². The van der Waals surface area contributed by atoms with E-state index >= 15 is 0 Å². The summed E-state index contributed by atoms with van der Waals surface area (Å²) in [6.07, 6.45) is 7.31. The van der Waals surface area contributed by atoms with Crippen molar-refractivity contribution in [3.8, 4) is 0 Å². The van der Waals surface area contributed by atoms with Gasteiger partial charge in [0.2, 0.25) is 0 Å². The van der Waals surface area contributed by atoms with Crippen molar-refractivity contribution in [2.24, 2.45) is 5.92 Å². The molecule has 2 heterocycles. The Balaban J connectivity index is 2.03. The number of rotatable bonds is 0. The van der Waals surface area contributed by atoms with E-state index in [0.717, 1.165) is 12.0 Å². The minimum absolute atomic E-state index is 0.956. The fraction of sp³-hybridized carbons (Fsp3) is 1.00. The maximum absolute atomic E-state index is 2.72. The van der Waals surface area contributed by atoms with Gasteiger partial charge in [-0.1, -0.05) is 13.3 Å². The van der Waals surface area contributed by atoms with Gasteiger partial charge in [-0.15, -0.1) is 0 Å². The number of hydrogen-bond donors (Lipinski definition) is 0. The smallest absolute Gasteiger partial charge is 0.0121 e. The summed E-state index contributed by atoms with van der Waals surface area (Å²) in [5.41, 5.74) is 0. The molecule has 0 N–H and O–H groups in total. The second kappa shape index (κ2) is 3.14. The predicted molar refractivity (Wildman–Crippen MR) is 47.6 cm³/mol. The highest BCUT2D eigenvalue weighted by molar-refractivity contribution is 4.85. The maximum Gasteiger partial charge on any atom is 0.0121 e. The van der Waals surface area contributed by atoms with E-state index in [4.69, 9.17) is 0 Å². The summed E-state index contributed by atoms with van der Waals surface area (Å²) in [5.74, 6) is 0.972. The zero-order valence-corrected chi connectivity index (χ0v) is 7.55. The van der Waals surface area contributed by atoms with Gasteiger partial charge >= 0.3 is 0 Å². The van der Waals surface area contributed by atoms with Gasteiger partial charge in [-0.05, 0) is 44.7 Å². The van der Waals surface area contributed by atoms with Crippen LogP contribution in [-0.2, 0) is 0 Å². The first-order valence-electron chi connectivity index (χ1n) is 5.12. The van der Waals surface area contributed by atoms with Crippen LogP contribution in [0.15, 0.2) is 0 Å². The van der Waals surface area contributed by atoms with Gasteiger partial charge in [-0.3, -0.25) is 0 Å². The van der Waals surface area contributed by atoms with Gasteiger partial charge in [0.15, 0.2) is 0 Å². The topological polar surface area (TPSA) is 3.24 Å². The van der Waals surface area contributed by atoms with Crippen LogP contribution in [0.4, 0.5) is 0 Å². The summed E-state index contributed by atoms with van der Waals surface area (Å²) in [6.45, 7) is 5.21. The van der Waals surface area contributed by atoms with Gasteiger partial charge in [-0.25, -0.2) is 0 Å². The largest absolute Gasteiger partial charge is 0.300 e. The second-order valence-electron chi connectivity index (χ2n) is 4.22. The van der Waals surface area contributed by atoms with Crippen LogP contribution in [-0.4, -0.2) is 24.0 Å². The first kappa shape index (κ1) is 7.60. The molecule has 0 saturated carbocycles. The highest BCUT2D eigenvalue weighted by Crippen LogP contribution is 2.29. The van der Waals surface area contributed by atoms with Crippen LogP contribution in [0.2, 0.25) is 0 Å². The normalized spacial score (nSPS) is 40.1. The first-order valence-corrected chi connectivity index (χ1v) is 5.12. The third-order valence-electron chi connectivity index (χ3n) is 3.43. The van der Waals surface area contributed by atoms with Gasteiger partial charge in [0.05, 0.1) is 0 Å². The molecule has 0 aromatic rings. The van der Waals surface area contributed by atoms with Crippen molar-refractivity contribution < 1.29 is 0 Å². The molecular formula is C10H19N. The van der Waals surface area contributed by atoms with Crippen molar-refractivity contribution in [3.63, 3.8) is 0 Å². The second-order valence-corrected chi connectivity index (χ2v) is 4.22. The molecule has 0 aromatic carbocycles. The van der Waals surface area contributed by atoms with Crippen molar-refractivity contribution >= 4 is 0 Å². The molecule has 0 amide bonds. The van der Waals surface area contributed by atoms with E-state index in [1.807, 2.05) is 0 Å². The maximum atomic E-state index is 2.72. The summed E-state index contributed by atoms with van der Waals surface area (Å²) in [6, 6.07) is 0.956. The van der Waals surface area contributed by atoms with Crippen LogP contribution in [0.1, 0.15) is 39.0 Å². The highest BCUT2D eigenvalue weighted by Gasteiger charge is 2.30. The first-order chi connectivity index (χ1) is 5.38. The van der Waals surface area contributed by atoms with Crippen LogP contribution >= 0.6 is 0 Å². The Morgan fingerprint density at radius 3 is 2.73 bits per heavy atom. The van der Waals surface area contributed by atoms with E-state index in [1.165, 1.54) is 45.2 Å². The Labute approximate surface area is 69.8 Å². The van der Waals surface area contributed by atoms with E-state index in [1.54, 1.807) is 0 Å². The summed E-state index contributed by atoms with van der Waals surface area (Å²) >= 11 is 0. The Bertz CT molecular complexity index is 133. The number of fused-ring (bicyclic) bond motifs is 1. The van der Waals surface area contributed by atoms with Crippen molar-refractivity contribution in [1.29, 1.82) is 0 Å². The molecule has 2 rings (SSSR count). The summed E-state index contributed by atoms with van der Waals surface area (Å²) in [7, 11) is 0. The molecule has 2 unspecified atom stereocenters. The monoisotopic (exact) mass is 153 g/mol. The van der Waals surface area contributed by atoms with Crippen LogP contribution in [0.25, 0.3) is 0 Å². The minimum Gasteiger partial charge on any atom is -0.300 e. The molecule has 1 heteroatoms. The summed E-state index contributed by atoms with van der Waals surface area (Å²) in [4.78, 5) is 2.72.